The smallest absolute Gasteiger partial charge is 0.376 e. The average molecular weight is 372 g/mol. The molecule has 2 saturated heterocycles. The molecule has 0 saturated carbocycles. The Hall–Kier alpha value is -3.04. The van der Waals surface area contributed by atoms with Gasteiger partial charge in [0.2, 0.25) is 0 Å². The standard InChI is InChI=1S/C18H20N4O5/c1-22-15(18(25)27-21-22)10-14(17(24)19-11-13-8-5-9-26-13)20-16(23)12-6-3-2-4-7-12/h2-4,6-7,10,13,21H,5,8-9,11H2,1H3,(H,19,24)/b15-10+,20-14?. The van der Waals surface area contributed by atoms with Crippen LogP contribution >= 0.6 is 0 Å². The van der Waals surface area contributed by atoms with Crippen molar-refractivity contribution in [1.29, 1.82) is 0 Å². The first kappa shape index (κ1) is 18.7. The van der Waals surface area contributed by atoms with Crippen LogP contribution in [0.3, 0.4) is 0 Å². The summed E-state index contributed by atoms with van der Waals surface area (Å²) < 4.78 is 5.47. The number of amides is 2. The van der Waals surface area contributed by atoms with Crippen LogP contribution in [0.15, 0.2) is 47.1 Å². The number of nitrogens with zero attached hydrogens (tertiary/aromatic N) is 2. The lowest BCUT2D eigenvalue weighted by Gasteiger charge is -2.11. The fraction of sp³-hybridized carbons (Fsp3) is 0.333. The first-order valence-electron chi connectivity index (χ1n) is 8.54. The first-order valence-corrected chi connectivity index (χ1v) is 8.54. The molecular weight excluding hydrogens is 352 g/mol. The van der Waals surface area contributed by atoms with Gasteiger partial charge in [-0.15, -0.1) is 0 Å². The number of likely N-dealkylation sites (N-methyl/N-ethyl adjacent to an activating group) is 1. The van der Waals surface area contributed by atoms with Crippen molar-refractivity contribution in [3.63, 3.8) is 0 Å². The molecule has 0 aromatic heterocycles. The molecule has 1 atom stereocenters. The minimum Gasteiger partial charge on any atom is -0.376 e. The van der Waals surface area contributed by atoms with Gasteiger partial charge in [0.05, 0.1) is 6.10 Å². The van der Waals surface area contributed by atoms with Crippen LogP contribution in [0, 0.1) is 0 Å². The molecule has 1 unspecified atom stereocenters. The fourth-order valence-electron chi connectivity index (χ4n) is 2.64. The molecule has 27 heavy (non-hydrogen) atoms. The van der Waals surface area contributed by atoms with Crippen LogP contribution in [0.2, 0.25) is 0 Å². The van der Waals surface area contributed by atoms with Gasteiger partial charge in [-0.2, -0.15) is 0 Å². The molecule has 9 nitrogen and oxygen atoms in total. The van der Waals surface area contributed by atoms with Crippen molar-refractivity contribution in [2.45, 2.75) is 18.9 Å². The third kappa shape index (κ3) is 4.78. The largest absolute Gasteiger partial charge is 0.376 e. The molecule has 2 aliphatic heterocycles. The Morgan fingerprint density at radius 3 is 2.78 bits per heavy atom. The van der Waals surface area contributed by atoms with Gasteiger partial charge in [-0.05, 0) is 25.0 Å². The molecular formula is C18H20N4O5. The van der Waals surface area contributed by atoms with Crippen LogP contribution in [0.5, 0.6) is 0 Å². The third-order valence-corrected chi connectivity index (χ3v) is 4.11. The predicted molar refractivity (Wildman–Crippen MR) is 95.3 cm³/mol. The van der Waals surface area contributed by atoms with E-state index in [2.05, 4.69) is 20.7 Å². The number of hydrogen-bond acceptors (Lipinski definition) is 7. The second kappa shape index (κ2) is 8.56. The number of hydrazine groups is 1. The maximum atomic E-state index is 12.6. The normalized spacial score (nSPS) is 21.4. The summed E-state index contributed by atoms with van der Waals surface area (Å²) in [4.78, 5) is 45.3. The average Bonchev–Trinajstić information content (AvgIpc) is 3.31. The predicted octanol–water partition coefficient (Wildman–Crippen LogP) is 0.355. The van der Waals surface area contributed by atoms with Crippen LogP contribution in [0.25, 0.3) is 0 Å². The maximum absolute atomic E-state index is 12.6. The van der Waals surface area contributed by atoms with Crippen molar-refractivity contribution >= 4 is 23.5 Å². The number of rotatable bonds is 5. The second-order valence-electron chi connectivity index (χ2n) is 6.08. The molecule has 0 radical (unpaired) electrons. The Balaban J connectivity index is 1.82. The molecule has 0 aliphatic carbocycles. The van der Waals surface area contributed by atoms with Crippen molar-refractivity contribution in [2.75, 3.05) is 20.2 Å². The molecule has 142 valence electrons. The Bertz CT molecular complexity index is 784. The summed E-state index contributed by atoms with van der Waals surface area (Å²) in [6.45, 7) is 0.972. The Labute approximate surface area is 156 Å². The summed E-state index contributed by atoms with van der Waals surface area (Å²) >= 11 is 0. The van der Waals surface area contributed by atoms with Gasteiger partial charge in [0, 0.05) is 31.8 Å². The van der Waals surface area contributed by atoms with Gasteiger partial charge in [-0.25, -0.2) is 9.79 Å². The summed E-state index contributed by atoms with van der Waals surface area (Å²) in [7, 11) is 1.54. The van der Waals surface area contributed by atoms with E-state index < -0.39 is 17.8 Å². The highest BCUT2D eigenvalue weighted by Crippen LogP contribution is 2.12. The molecule has 0 bridgehead atoms. The number of ether oxygens (including phenoxy) is 1. The summed E-state index contributed by atoms with van der Waals surface area (Å²) in [5.41, 5.74) is 2.55. The van der Waals surface area contributed by atoms with Crippen molar-refractivity contribution in [3.05, 3.63) is 47.7 Å². The minimum absolute atomic E-state index is 0.0573. The highest BCUT2D eigenvalue weighted by Gasteiger charge is 2.27. The van der Waals surface area contributed by atoms with E-state index in [1.165, 1.54) is 18.1 Å². The monoisotopic (exact) mass is 372 g/mol. The van der Waals surface area contributed by atoms with Crippen LogP contribution < -0.4 is 10.9 Å². The lowest BCUT2D eigenvalue weighted by molar-refractivity contribution is -0.142. The number of hydrogen-bond donors (Lipinski definition) is 2. The first-order chi connectivity index (χ1) is 13.0. The van der Waals surface area contributed by atoms with Gasteiger partial charge >= 0.3 is 5.97 Å². The van der Waals surface area contributed by atoms with Crippen LogP contribution in [-0.2, 0) is 19.2 Å². The van der Waals surface area contributed by atoms with E-state index >= 15 is 0 Å². The van der Waals surface area contributed by atoms with Gasteiger partial charge in [0.25, 0.3) is 11.8 Å². The summed E-state index contributed by atoms with van der Waals surface area (Å²) in [6, 6.07) is 8.36. The minimum atomic E-state index is -0.677. The zero-order valence-electron chi connectivity index (χ0n) is 14.8. The van der Waals surface area contributed by atoms with E-state index in [1.54, 1.807) is 30.3 Å². The number of carbonyl (C=O) groups excluding carboxylic acids is 3. The van der Waals surface area contributed by atoms with Crippen molar-refractivity contribution in [2.24, 2.45) is 4.99 Å². The summed E-state index contributed by atoms with van der Waals surface area (Å²) in [6.07, 6.45) is 2.96. The molecule has 1 aromatic rings. The van der Waals surface area contributed by atoms with E-state index in [9.17, 15) is 14.4 Å². The summed E-state index contributed by atoms with van der Waals surface area (Å²) in [5, 5.41) is 3.99. The van der Waals surface area contributed by atoms with Gasteiger partial charge in [0.15, 0.2) is 0 Å². The van der Waals surface area contributed by atoms with E-state index in [0.29, 0.717) is 18.7 Å². The number of aliphatic imine (C=N–C) groups is 1. The lowest BCUT2D eigenvalue weighted by Crippen LogP contribution is -2.37. The molecule has 2 aliphatic rings. The van der Waals surface area contributed by atoms with Gasteiger partial charge in [-0.3, -0.25) is 14.6 Å². The highest BCUT2D eigenvalue weighted by atomic mass is 16.7. The molecule has 3 rings (SSSR count). The summed E-state index contributed by atoms with van der Waals surface area (Å²) in [5.74, 6) is -1.84. The van der Waals surface area contributed by atoms with Crippen molar-refractivity contribution in [1.82, 2.24) is 15.9 Å². The molecule has 9 heteroatoms. The van der Waals surface area contributed by atoms with Crippen molar-refractivity contribution in [3.8, 4) is 0 Å². The molecule has 2 heterocycles. The lowest BCUT2D eigenvalue weighted by atomic mass is 10.2. The van der Waals surface area contributed by atoms with Crippen molar-refractivity contribution < 1.29 is 24.0 Å². The van der Waals surface area contributed by atoms with Crippen LogP contribution in [0.1, 0.15) is 23.2 Å². The highest BCUT2D eigenvalue weighted by molar-refractivity contribution is 6.45. The molecule has 2 N–H and O–H groups in total. The molecule has 2 fully saturated rings. The molecule has 1 aromatic carbocycles. The quantitative estimate of drug-likeness (QED) is 0.567. The number of benzene rings is 1. The Kier molecular flexibility index (Phi) is 5.94. The Morgan fingerprint density at radius 2 is 2.15 bits per heavy atom. The SMILES string of the molecule is CN1NOC(=O)/C1=C\C(=NC(=O)c1ccccc1)C(=O)NCC1CCCO1. The maximum Gasteiger partial charge on any atom is 0.376 e. The number of carbonyl (C=O) groups is 3. The zero-order valence-corrected chi connectivity index (χ0v) is 14.8. The van der Waals surface area contributed by atoms with Gasteiger partial charge in [-0.1, -0.05) is 23.8 Å². The van der Waals surface area contributed by atoms with E-state index in [1.807, 2.05) is 0 Å². The van der Waals surface area contributed by atoms with Crippen LogP contribution in [-0.4, -0.2) is 54.8 Å². The Morgan fingerprint density at radius 1 is 1.37 bits per heavy atom. The zero-order chi connectivity index (χ0) is 19.2. The van der Waals surface area contributed by atoms with E-state index in [-0.39, 0.29) is 17.5 Å². The second-order valence-corrected chi connectivity index (χ2v) is 6.08. The fourth-order valence-corrected chi connectivity index (χ4v) is 2.64. The third-order valence-electron chi connectivity index (χ3n) is 4.11. The van der Waals surface area contributed by atoms with Crippen LogP contribution in [0.4, 0.5) is 0 Å². The number of nitrogens with one attached hydrogen (secondary N) is 2. The molecule has 2 amide bonds. The van der Waals surface area contributed by atoms with E-state index in [0.717, 1.165) is 12.8 Å². The topological polar surface area (TPSA) is 109 Å². The van der Waals surface area contributed by atoms with E-state index in [4.69, 9.17) is 4.74 Å². The van der Waals surface area contributed by atoms with Gasteiger partial charge < -0.3 is 14.9 Å². The molecule has 0 spiro atoms. The van der Waals surface area contributed by atoms with Gasteiger partial charge in [0.1, 0.15) is 11.4 Å².